The largest absolute Gasteiger partial charge is 0.466 e. The third-order valence-corrected chi connectivity index (χ3v) is 4.48. The van der Waals surface area contributed by atoms with E-state index < -0.39 is 0 Å². The Morgan fingerprint density at radius 3 is 2.04 bits per heavy atom. The van der Waals surface area contributed by atoms with E-state index in [4.69, 9.17) is 4.74 Å². The number of benzene rings is 1. The molecule has 1 rings (SSSR count). The lowest BCUT2D eigenvalue weighted by atomic mass is 10.1. The zero-order chi connectivity index (χ0) is 19.7. The highest BCUT2D eigenvalue weighted by Gasteiger charge is 2.07. The van der Waals surface area contributed by atoms with Crippen molar-refractivity contribution in [3.05, 3.63) is 35.6 Å². The molecule has 1 aromatic carbocycles. The molecule has 5 heteroatoms. The summed E-state index contributed by atoms with van der Waals surface area (Å²) in [6, 6.07) is 5.29. The minimum absolute atomic E-state index is 0.144. The van der Waals surface area contributed by atoms with Crippen LogP contribution in [0.5, 0.6) is 0 Å². The van der Waals surface area contributed by atoms with Gasteiger partial charge in [-0.1, -0.05) is 64.7 Å². The number of rotatable bonds is 15. The molecule has 4 nitrogen and oxygen atoms in total. The summed E-state index contributed by atoms with van der Waals surface area (Å²) in [5.41, 5.74) is 0.370. The highest BCUT2D eigenvalue weighted by atomic mass is 19.1. The Labute approximate surface area is 162 Å². The molecule has 0 spiro atoms. The average Bonchev–Trinajstić information content (AvgIpc) is 2.66. The summed E-state index contributed by atoms with van der Waals surface area (Å²) in [6.07, 6.45) is 12.6. The van der Waals surface area contributed by atoms with Crippen LogP contribution in [0.25, 0.3) is 0 Å². The molecule has 0 unspecified atom stereocenters. The Bertz CT molecular complexity index is 531. The van der Waals surface area contributed by atoms with Crippen molar-refractivity contribution in [3.63, 3.8) is 0 Å². The van der Waals surface area contributed by atoms with Crippen LogP contribution in [-0.2, 0) is 9.53 Å². The number of amides is 1. The molecule has 27 heavy (non-hydrogen) atoms. The number of hydrogen-bond donors (Lipinski definition) is 1. The molecule has 0 heterocycles. The number of unbranched alkanes of at least 4 members (excludes halogenated alkanes) is 9. The van der Waals surface area contributed by atoms with Crippen LogP contribution in [0.1, 0.15) is 87.9 Å². The zero-order valence-electron chi connectivity index (χ0n) is 16.6. The van der Waals surface area contributed by atoms with Crippen LogP contribution in [0.3, 0.4) is 0 Å². The molecule has 0 aliphatic carbocycles. The van der Waals surface area contributed by atoms with E-state index in [0.29, 0.717) is 12.2 Å². The van der Waals surface area contributed by atoms with Gasteiger partial charge in [-0.2, -0.15) is 0 Å². The molecule has 152 valence electrons. The van der Waals surface area contributed by atoms with Crippen molar-refractivity contribution in [1.82, 2.24) is 5.32 Å². The molecule has 0 saturated heterocycles. The second-order valence-electron chi connectivity index (χ2n) is 6.92. The average molecular weight is 380 g/mol. The number of carbonyl (C=O) groups excluding carboxylic acids is 2. The van der Waals surface area contributed by atoms with Crippen molar-refractivity contribution >= 4 is 11.9 Å². The standard InChI is InChI=1S/C22H34FNO3/c1-2-3-4-5-6-7-8-9-10-11-18-27-21(25)16-17-24-22(26)19-12-14-20(23)15-13-19/h12-15H,2-11,16-18H2,1H3,(H,24,26). The summed E-state index contributed by atoms with van der Waals surface area (Å²) in [4.78, 5) is 23.5. The summed E-state index contributed by atoms with van der Waals surface area (Å²) >= 11 is 0. The van der Waals surface area contributed by atoms with Crippen LogP contribution in [0.2, 0.25) is 0 Å². The van der Waals surface area contributed by atoms with E-state index >= 15 is 0 Å². The first-order valence-electron chi connectivity index (χ1n) is 10.3. The maximum Gasteiger partial charge on any atom is 0.307 e. The number of ether oxygens (including phenoxy) is 1. The predicted molar refractivity (Wildman–Crippen MR) is 106 cm³/mol. The van der Waals surface area contributed by atoms with Gasteiger partial charge in [-0.15, -0.1) is 0 Å². The fraction of sp³-hybridized carbons (Fsp3) is 0.636. The van der Waals surface area contributed by atoms with Crippen molar-refractivity contribution in [2.75, 3.05) is 13.2 Å². The van der Waals surface area contributed by atoms with Gasteiger partial charge in [-0.3, -0.25) is 9.59 Å². The van der Waals surface area contributed by atoms with Gasteiger partial charge in [0.05, 0.1) is 13.0 Å². The quantitative estimate of drug-likeness (QED) is 0.327. The van der Waals surface area contributed by atoms with Gasteiger partial charge in [0.2, 0.25) is 0 Å². The number of esters is 1. The fourth-order valence-corrected chi connectivity index (χ4v) is 2.83. The Balaban J connectivity index is 1.92. The van der Waals surface area contributed by atoms with Crippen LogP contribution in [0.4, 0.5) is 4.39 Å². The molecule has 1 amide bonds. The first-order chi connectivity index (χ1) is 13.1. The Hall–Kier alpha value is -1.91. The molecule has 1 aromatic rings. The minimum Gasteiger partial charge on any atom is -0.466 e. The molecular formula is C22H34FNO3. The van der Waals surface area contributed by atoms with Gasteiger partial charge in [0.25, 0.3) is 5.91 Å². The summed E-state index contributed by atoms with van der Waals surface area (Å²) in [7, 11) is 0. The predicted octanol–water partition coefficient (Wildman–Crippen LogP) is 5.41. The van der Waals surface area contributed by atoms with E-state index in [1.165, 1.54) is 75.6 Å². The summed E-state index contributed by atoms with van der Waals surface area (Å²) < 4.78 is 18.0. The van der Waals surface area contributed by atoms with Crippen LogP contribution in [-0.4, -0.2) is 25.0 Å². The smallest absolute Gasteiger partial charge is 0.307 e. The lowest BCUT2D eigenvalue weighted by Crippen LogP contribution is -2.26. The maximum absolute atomic E-state index is 12.8. The Kier molecular flexibility index (Phi) is 13.0. The van der Waals surface area contributed by atoms with E-state index in [0.717, 1.165) is 12.8 Å². The molecule has 0 atom stereocenters. The van der Waals surface area contributed by atoms with Crippen LogP contribution in [0, 0.1) is 5.82 Å². The van der Waals surface area contributed by atoms with Crippen molar-refractivity contribution in [2.24, 2.45) is 0 Å². The first kappa shape index (κ1) is 23.1. The lowest BCUT2D eigenvalue weighted by Gasteiger charge is -2.07. The highest BCUT2D eigenvalue weighted by Crippen LogP contribution is 2.10. The number of carbonyl (C=O) groups is 2. The zero-order valence-corrected chi connectivity index (χ0v) is 16.6. The number of halogens is 1. The number of nitrogens with one attached hydrogen (secondary N) is 1. The second kappa shape index (κ2) is 15.2. The SMILES string of the molecule is CCCCCCCCCCCCOC(=O)CCNC(=O)c1ccc(F)cc1. The van der Waals surface area contributed by atoms with Crippen molar-refractivity contribution < 1.29 is 18.7 Å². The summed E-state index contributed by atoms with van der Waals surface area (Å²) in [5, 5.41) is 2.63. The second-order valence-corrected chi connectivity index (χ2v) is 6.92. The van der Waals surface area contributed by atoms with Gasteiger partial charge < -0.3 is 10.1 Å². The third kappa shape index (κ3) is 12.2. The molecule has 0 aromatic heterocycles. The van der Waals surface area contributed by atoms with Crippen LogP contribution in [0.15, 0.2) is 24.3 Å². The number of hydrogen-bond acceptors (Lipinski definition) is 3. The maximum atomic E-state index is 12.8. The minimum atomic E-state index is -0.387. The summed E-state index contributed by atoms with van der Waals surface area (Å²) in [6.45, 7) is 2.89. The topological polar surface area (TPSA) is 55.4 Å². The molecule has 0 fully saturated rings. The third-order valence-electron chi connectivity index (χ3n) is 4.48. The molecule has 0 saturated carbocycles. The van der Waals surface area contributed by atoms with Crippen molar-refractivity contribution in [3.8, 4) is 0 Å². The van der Waals surface area contributed by atoms with Crippen molar-refractivity contribution in [1.29, 1.82) is 0 Å². The van der Waals surface area contributed by atoms with E-state index in [1.54, 1.807) is 0 Å². The van der Waals surface area contributed by atoms with E-state index in [1.807, 2.05) is 0 Å². The fourth-order valence-electron chi connectivity index (χ4n) is 2.83. The molecule has 1 N–H and O–H groups in total. The molecular weight excluding hydrogens is 345 g/mol. The van der Waals surface area contributed by atoms with Gasteiger partial charge >= 0.3 is 5.97 Å². The van der Waals surface area contributed by atoms with Gasteiger partial charge in [0.1, 0.15) is 5.82 Å². The Morgan fingerprint density at radius 1 is 0.889 bits per heavy atom. The van der Waals surface area contributed by atoms with E-state index in [9.17, 15) is 14.0 Å². The normalized spacial score (nSPS) is 10.6. The first-order valence-corrected chi connectivity index (χ1v) is 10.3. The van der Waals surface area contributed by atoms with Crippen LogP contribution < -0.4 is 5.32 Å². The molecule has 0 radical (unpaired) electrons. The van der Waals surface area contributed by atoms with Crippen molar-refractivity contribution in [2.45, 2.75) is 77.6 Å². The lowest BCUT2D eigenvalue weighted by molar-refractivity contribution is -0.143. The molecule has 0 aliphatic heterocycles. The van der Waals surface area contributed by atoms with Gasteiger partial charge in [0, 0.05) is 12.1 Å². The Morgan fingerprint density at radius 2 is 1.44 bits per heavy atom. The molecule has 0 aliphatic rings. The highest BCUT2D eigenvalue weighted by molar-refractivity contribution is 5.94. The summed E-state index contributed by atoms with van der Waals surface area (Å²) in [5.74, 6) is -1.01. The van der Waals surface area contributed by atoms with Gasteiger partial charge in [-0.05, 0) is 30.7 Å². The molecule has 0 bridgehead atoms. The van der Waals surface area contributed by atoms with Crippen LogP contribution >= 0.6 is 0 Å². The van der Waals surface area contributed by atoms with E-state index in [-0.39, 0.29) is 30.7 Å². The van der Waals surface area contributed by atoms with E-state index in [2.05, 4.69) is 12.2 Å². The monoisotopic (exact) mass is 379 g/mol. The van der Waals surface area contributed by atoms with Gasteiger partial charge in [-0.25, -0.2) is 4.39 Å². The van der Waals surface area contributed by atoms with Gasteiger partial charge in [0.15, 0.2) is 0 Å².